The summed E-state index contributed by atoms with van der Waals surface area (Å²) in [5, 5.41) is 4.52. The molecule has 1 amide bonds. The fourth-order valence-electron chi connectivity index (χ4n) is 3.72. The topological polar surface area (TPSA) is 73.0 Å². The van der Waals surface area contributed by atoms with Crippen LogP contribution in [0.5, 0.6) is 0 Å². The lowest BCUT2D eigenvalue weighted by Gasteiger charge is -2.27. The van der Waals surface area contributed by atoms with Gasteiger partial charge in [-0.2, -0.15) is 5.10 Å². The zero-order valence-corrected chi connectivity index (χ0v) is 15.0. The smallest absolute Gasteiger partial charge is 0.341 e. The van der Waals surface area contributed by atoms with Gasteiger partial charge in [-0.05, 0) is 31.7 Å². The van der Waals surface area contributed by atoms with Crippen LogP contribution in [0.1, 0.15) is 43.2 Å². The fourth-order valence-corrected chi connectivity index (χ4v) is 3.86. The van der Waals surface area contributed by atoms with Gasteiger partial charge in [0.25, 0.3) is 0 Å². The molecule has 9 heteroatoms. The number of hydrogen-bond acceptors (Lipinski definition) is 4. The summed E-state index contributed by atoms with van der Waals surface area (Å²) in [4.78, 5) is 31.4. The zero-order chi connectivity index (χ0) is 18.3. The second kappa shape index (κ2) is 6.83. The van der Waals surface area contributed by atoms with Crippen LogP contribution in [0.15, 0.2) is 17.1 Å². The molecular weight excluding hydrogens is 361 g/mol. The summed E-state index contributed by atoms with van der Waals surface area (Å²) >= 11 is 5.72. The van der Waals surface area contributed by atoms with E-state index < -0.39 is 17.5 Å². The van der Waals surface area contributed by atoms with Crippen LogP contribution in [-0.2, 0) is 17.8 Å². The monoisotopic (exact) mass is 379 g/mol. The molecule has 2 aliphatic rings. The molecule has 0 saturated carbocycles. The van der Waals surface area contributed by atoms with E-state index in [1.807, 2.05) is 4.90 Å². The molecule has 1 atom stereocenters. The number of pyridine rings is 1. The summed E-state index contributed by atoms with van der Waals surface area (Å²) in [5.41, 5.74) is -0.303. The number of aromatic nitrogens is 4. The highest BCUT2D eigenvalue weighted by atomic mass is 35.5. The van der Waals surface area contributed by atoms with Gasteiger partial charge in [-0.15, -0.1) is 0 Å². The predicted molar refractivity (Wildman–Crippen MR) is 92.6 cm³/mol. The first-order chi connectivity index (χ1) is 12.5. The van der Waals surface area contributed by atoms with Crippen LogP contribution in [0.4, 0.5) is 4.39 Å². The van der Waals surface area contributed by atoms with Crippen molar-refractivity contribution in [1.82, 2.24) is 24.2 Å². The van der Waals surface area contributed by atoms with Gasteiger partial charge in [0, 0.05) is 25.7 Å². The number of amides is 1. The summed E-state index contributed by atoms with van der Waals surface area (Å²) in [6, 6.07) is 0.645. The van der Waals surface area contributed by atoms with Gasteiger partial charge in [-0.3, -0.25) is 14.3 Å². The van der Waals surface area contributed by atoms with Crippen molar-refractivity contribution in [2.45, 2.75) is 44.7 Å². The number of halogens is 2. The number of fused-ring (bicyclic) bond motifs is 1. The highest BCUT2D eigenvalue weighted by Gasteiger charge is 2.34. The van der Waals surface area contributed by atoms with Crippen LogP contribution in [0.25, 0.3) is 0 Å². The van der Waals surface area contributed by atoms with E-state index in [9.17, 15) is 14.0 Å². The van der Waals surface area contributed by atoms with Gasteiger partial charge in [0.1, 0.15) is 17.7 Å². The third-order valence-electron chi connectivity index (χ3n) is 5.02. The minimum Gasteiger partial charge on any atom is -0.341 e. The third-order valence-corrected chi connectivity index (χ3v) is 5.22. The van der Waals surface area contributed by atoms with Gasteiger partial charge in [0.15, 0.2) is 0 Å². The third kappa shape index (κ3) is 3.02. The Morgan fingerprint density at radius 2 is 2.08 bits per heavy atom. The molecule has 0 aliphatic carbocycles. The van der Waals surface area contributed by atoms with Crippen molar-refractivity contribution >= 4 is 17.5 Å². The van der Waals surface area contributed by atoms with Crippen LogP contribution >= 0.6 is 11.6 Å². The van der Waals surface area contributed by atoms with Gasteiger partial charge >= 0.3 is 5.69 Å². The molecule has 7 nitrogen and oxygen atoms in total. The molecule has 2 aromatic heterocycles. The number of aryl methyl sites for hydroxylation is 1. The Morgan fingerprint density at radius 1 is 1.31 bits per heavy atom. The van der Waals surface area contributed by atoms with E-state index in [0.29, 0.717) is 18.7 Å². The van der Waals surface area contributed by atoms with Gasteiger partial charge in [-0.1, -0.05) is 11.6 Å². The number of carbonyl (C=O) groups is 1. The van der Waals surface area contributed by atoms with E-state index in [4.69, 9.17) is 11.6 Å². The van der Waals surface area contributed by atoms with E-state index in [-0.39, 0.29) is 23.2 Å². The molecule has 138 valence electrons. The fraction of sp³-hybridized carbons (Fsp3) is 0.529. The van der Waals surface area contributed by atoms with Crippen molar-refractivity contribution in [3.05, 3.63) is 45.1 Å². The molecule has 0 radical (unpaired) electrons. The Morgan fingerprint density at radius 3 is 2.81 bits per heavy atom. The van der Waals surface area contributed by atoms with Crippen LogP contribution in [0.3, 0.4) is 0 Å². The normalized spacial score (nSPS) is 19.6. The second-order valence-corrected chi connectivity index (χ2v) is 7.19. The summed E-state index contributed by atoms with van der Waals surface area (Å²) in [6.45, 7) is 1.40. The molecule has 0 aromatic carbocycles. The van der Waals surface area contributed by atoms with Crippen molar-refractivity contribution in [1.29, 1.82) is 0 Å². The molecule has 0 N–H and O–H groups in total. The quantitative estimate of drug-likeness (QED) is 0.814. The lowest BCUT2D eigenvalue weighted by atomic mass is 10.0. The number of carbonyl (C=O) groups excluding carboxylic acids is 1. The minimum atomic E-state index is -0.583. The summed E-state index contributed by atoms with van der Waals surface area (Å²) in [6.07, 6.45) is 5.39. The second-order valence-electron chi connectivity index (χ2n) is 6.75. The van der Waals surface area contributed by atoms with Crippen molar-refractivity contribution in [2.24, 2.45) is 0 Å². The molecule has 0 bridgehead atoms. The van der Waals surface area contributed by atoms with Gasteiger partial charge in [0.05, 0.1) is 17.3 Å². The molecule has 1 fully saturated rings. The maximum Gasteiger partial charge on any atom is 0.347 e. The van der Waals surface area contributed by atoms with Gasteiger partial charge < -0.3 is 4.90 Å². The average Bonchev–Trinajstić information content (AvgIpc) is 3.26. The van der Waals surface area contributed by atoms with Crippen molar-refractivity contribution in [3.8, 4) is 0 Å². The van der Waals surface area contributed by atoms with Gasteiger partial charge in [-0.25, -0.2) is 13.9 Å². The zero-order valence-electron chi connectivity index (χ0n) is 14.2. The minimum absolute atomic E-state index is 0.0131. The van der Waals surface area contributed by atoms with Crippen LogP contribution in [0.2, 0.25) is 5.02 Å². The lowest BCUT2D eigenvalue weighted by Crippen LogP contribution is -2.41. The lowest BCUT2D eigenvalue weighted by molar-refractivity contribution is -0.134. The van der Waals surface area contributed by atoms with E-state index in [2.05, 4.69) is 10.1 Å². The maximum absolute atomic E-state index is 14.0. The summed E-state index contributed by atoms with van der Waals surface area (Å²) in [5.74, 6) is -0.0193. The highest BCUT2D eigenvalue weighted by molar-refractivity contribution is 6.30. The SMILES string of the molecule is O=C(C1CCCc2nn(Cc3ncc(Cl)cc3F)c(=O)n21)N1CCCC1. The molecule has 0 spiro atoms. The van der Waals surface area contributed by atoms with Crippen molar-refractivity contribution in [2.75, 3.05) is 13.1 Å². The first kappa shape index (κ1) is 17.2. The predicted octanol–water partition coefficient (Wildman–Crippen LogP) is 1.78. The molecule has 4 rings (SSSR count). The average molecular weight is 380 g/mol. The molecule has 26 heavy (non-hydrogen) atoms. The van der Waals surface area contributed by atoms with Crippen molar-refractivity contribution in [3.63, 3.8) is 0 Å². The largest absolute Gasteiger partial charge is 0.347 e. The maximum atomic E-state index is 14.0. The molecule has 1 saturated heterocycles. The van der Waals surface area contributed by atoms with Crippen LogP contribution in [-0.4, -0.2) is 43.2 Å². The Bertz CT molecular complexity index is 903. The van der Waals surface area contributed by atoms with E-state index in [1.165, 1.54) is 15.4 Å². The molecule has 4 heterocycles. The molecular formula is C17H19ClFN5O2. The van der Waals surface area contributed by atoms with Gasteiger partial charge in [0.2, 0.25) is 5.91 Å². The van der Waals surface area contributed by atoms with E-state index in [1.54, 1.807) is 0 Å². The Hall–Kier alpha value is -2.22. The summed E-state index contributed by atoms with van der Waals surface area (Å²) in [7, 11) is 0. The van der Waals surface area contributed by atoms with Crippen LogP contribution in [0, 0.1) is 5.82 Å². The number of nitrogens with zero attached hydrogens (tertiary/aromatic N) is 5. The molecule has 1 unspecified atom stereocenters. The Labute approximate surface area is 154 Å². The Balaban J connectivity index is 1.65. The van der Waals surface area contributed by atoms with Crippen LogP contribution < -0.4 is 5.69 Å². The van der Waals surface area contributed by atoms with E-state index >= 15 is 0 Å². The standard InChI is InChI=1S/C17H19ClFN5O2/c18-11-8-12(19)13(20-9-11)10-23-17(26)24-14(4-3-5-15(24)21-23)16(25)22-6-1-2-7-22/h8-9,14H,1-7,10H2. The number of hydrogen-bond donors (Lipinski definition) is 0. The number of rotatable bonds is 3. The first-order valence-corrected chi connectivity index (χ1v) is 9.19. The Kier molecular flexibility index (Phi) is 4.52. The first-order valence-electron chi connectivity index (χ1n) is 8.81. The van der Waals surface area contributed by atoms with E-state index in [0.717, 1.165) is 38.4 Å². The number of likely N-dealkylation sites (tertiary alicyclic amines) is 1. The summed E-state index contributed by atoms with van der Waals surface area (Å²) < 4.78 is 16.7. The molecule has 2 aromatic rings. The molecule has 2 aliphatic heterocycles. The van der Waals surface area contributed by atoms with Crippen molar-refractivity contribution < 1.29 is 9.18 Å². The highest BCUT2D eigenvalue weighted by Crippen LogP contribution is 2.25.